The van der Waals surface area contributed by atoms with Crippen molar-refractivity contribution in [3.05, 3.63) is 46.6 Å². The molecule has 1 aromatic heterocycles. The Labute approximate surface area is 123 Å². The Morgan fingerprint density at radius 3 is 2.80 bits per heavy atom. The first-order valence-electron chi connectivity index (χ1n) is 6.49. The quantitative estimate of drug-likeness (QED) is 0.887. The van der Waals surface area contributed by atoms with Gasteiger partial charge in [-0.2, -0.15) is 4.98 Å². The van der Waals surface area contributed by atoms with E-state index in [1.807, 2.05) is 38.1 Å². The van der Waals surface area contributed by atoms with Crippen molar-refractivity contribution in [3.8, 4) is 0 Å². The maximum absolute atomic E-state index is 6.09. The minimum atomic E-state index is -0.388. The summed E-state index contributed by atoms with van der Waals surface area (Å²) < 4.78 is 10.6. The molecule has 0 aliphatic carbocycles. The highest BCUT2D eigenvalue weighted by Gasteiger charge is 2.15. The summed E-state index contributed by atoms with van der Waals surface area (Å²) in [5.74, 6) is 0.945. The fourth-order valence-corrected chi connectivity index (χ4v) is 1.87. The Hall–Kier alpha value is -1.43. The van der Waals surface area contributed by atoms with E-state index in [0.717, 1.165) is 5.56 Å². The average Bonchev–Trinajstić information content (AvgIpc) is 2.87. The van der Waals surface area contributed by atoms with Crippen molar-refractivity contribution in [1.29, 1.82) is 0 Å². The van der Waals surface area contributed by atoms with Gasteiger partial charge in [-0.3, -0.25) is 0 Å². The van der Waals surface area contributed by atoms with Gasteiger partial charge in [0.15, 0.2) is 5.82 Å². The van der Waals surface area contributed by atoms with E-state index in [2.05, 4.69) is 10.1 Å². The first-order chi connectivity index (χ1) is 9.56. The minimum Gasteiger partial charge on any atom is -0.377 e. The third kappa shape index (κ3) is 4.03. The number of hydrogen-bond donors (Lipinski definition) is 1. The standard InChI is InChI=1S/C14H18ClN3O2/c1-9(2)19-8-12(16)14-17-13(20-18-14)7-10-5-3-4-6-11(10)15/h3-6,9,12H,7-8,16H2,1-2H3. The molecule has 2 N–H and O–H groups in total. The molecule has 5 nitrogen and oxygen atoms in total. The molecule has 20 heavy (non-hydrogen) atoms. The largest absolute Gasteiger partial charge is 0.377 e. The summed E-state index contributed by atoms with van der Waals surface area (Å²) in [5, 5.41) is 4.57. The molecule has 1 atom stereocenters. The van der Waals surface area contributed by atoms with Crippen LogP contribution in [-0.2, 0) is 11.2 Å². The number of aromatic nitrogens is 2. The van der Waals surface area contributed by atoms with E-state index in [9.17, 15) is 0 Å². The lowest BCUT2D eigenvalue weighted by atomic mass is 10.1. The summed E-state index contributed by atoms with van der Waals surface area (Å²) in [6.07, 6.45) is 0.611. The number of nitrogens with two attached hydrogens (primary N) is 1. The summed E-state index contributed by atoms with van der Waals surface area (Å²) in [6.45, 7) is 4.26. The van der Waals surface area contributed by atoms with Gasteiger partial charge in [-0.1, -0.05) is 35.0 Å². The fourth-order valence-electron chi connectivity index (χ4n) is 1.67. The van der Waals surface area contributed by atoms with Crippen LogP contribution in [0.1, 0.15) is 37.2 Å². The van der Waals surface area contributed by atoms with Gasteiger partial charge in [0.05, 0.1) is 25.2 Å². The number of benzene rings is 1. The molecule has 1 heterocycles. The van der Waals surface area contributed by atoms with Crippen molar-refractivity contribution in [1.82, 2.24) is 10.1 Å². The van der Waals surface area contributed by atoms with Gasteiger partial charge in [-0.25, -0.2) is 0 Å². The minimum absolute atomic E-state index is 0.121. The number of hydrogen-bond acceptors (Lipinski definition) is 5. The summed E-state index contributed by atoms with van der Waals surface area (Å²) >= 11 is 6.09. The van der Waals surface area contributed by atoms with Gasteiger partial charge < -0.3 is 15.0 Å². The smallest absolute Gasteiger partial charge is 0.231 e. The van der Waals surface area contributed by atoms with E-state index >= 15 is 0 Å². The van der Waals surface area contributed by atoms with Crippen LogP contribution in [0.3, 0.4) is 0 Å². The highest BCUT2D eigenvalue weighted by Crippen LogP contribution is 2.18. The van der Waals surface area contributed by atoms with Crippen LogP contribution in [0.2, 0.25) is 5.02 Å². The van der Waals surface area contributed by atoms with Crippen LogP contribution in [0.25, 0.3) is 0 Å². The summed E-state index contributed by atoms with van der Waals surface area (Å²) in [7, 11) is 0. The SMILES string of the molecule is CC(C)OCC(N)c1noc(Cc2ccccc2Cl)n1. The van der Waals surface area contributed by atoms with E-state index in [4.69, 9.17) is 26.6 Å². The Kier molecular flexibility index (Phi) is 5.11. The molecule has 2 rings (SSSR count). The molecule has 0 aliphatic rings. The van der Waals surface area contributed by atoms with Gasteiger partial charge in [-0.05, 0) is 25.5 Å². The molecule has 0 saturated heterocycles. The third-order valence-corrected chi connectivity index (χ3v) is 3.09. The number of rotatable bonds is 6. The van der Waals surface area contributed by atoms with Crippen LogP contribution in [0.5, 0.6) is 0 Å². The van der Waals surface area contributed by atoms with Crippen LogP contribution in [0.15, 0.2) is 28.8 Å². The van der Waals surface area contributed by atoms with Gasteiger partial charge in [0.1, 0.15) is 0 Å². The van der Waals surface area contributed by atoms with E-state index < -0.39 is 0 Å². The summed E-state index contributed by atoms with van der Waals surface area (Å²) in [6, 6.07) is 7.16. The molecule has 0 fully saturated rings. The average molecular weight is 296 g/mol. The second kappa shape index (κ2) is 6.83. The van der Waals surface area contributed by atoms with Crippen LogP contribution in [0.4, 0.5) is 0 Å². The molecule has 0 aliphatic heterocycles. The summed E-state index contributed by atoms with van der Waals surface area (Å²) in [5.41, 5.74) is 6.88. The second-order valence-corrected chi connectivity index (χ2v) is 5.21. The Bertz CT molecular complexity index is 557. The molecule has 0 saturated carbocycles. The molecule has 1 aromatic carbocycles. The Morgan fingerprint density at radius 2 is 2.10 bits per heavy atom. The maximum Gasteiger partial charge on any atom is 0.231 e. The van der Waals surface area contributed by atoms with Crippen LogP contribution in [-0.4, -0.2) is 22.9 Å². The van der Waals surface area contributed by atoms with Crippen LogP contribution < -0.4 is 5.73 Å². The predicted octanol–water partition coefficient (Wildman–Crippen LogP) is 2.74. The topological polar surface area (TPSA) is 74.2 Å². The zero-order valence-electron chi connectivity index (χ0n) is 11.5. The van der Waals surface area contributed by atoms with E-state index in [0.29, 0.717) is 29.8 Å². The van der Waals surface area contributed by atoms with Crippen molar-refractivity contribution in [3.63, 3.8) is 0 Å². The highest BCUT2D eigenvalue weighted by atomic mass is 35.5. The normalized spacial score (nSPS) is 12.8. The number of ether oxygens (including phenoxy) is 1. The lowest BCUT2D eigenvalue weighted by Crippen LogP contribution is -2.20. The van der Waals surface area contributed by atoms with Crippen molar-refractivity contribution in [2.75, 3.05) is 6.61 Å². The van der Waals surface area contributed by atoms with Gasteiger partial charge in [0.25, 0.3) is 0 Å². The van der Waals surface area contributed by atoms with Crippen molar-refractivity contribution >= 4 is 11.6 Å². The monoisotopic (exact) mass is 295 g/mol. The molecular weight excluding hydrogens is 278 g/mol. The lowest BCUT2D eigenvalue weighted by Gasteiger charge is -2.10. The molecule has 0 radical (unpaired) electrons. The molecule has 0 amide bonds. The number of halogens is 1. The van der Waals surface area contributed by atoms with E-state index in [1.54, 1.807) is 0 Å². The van der Waals surface area contributed by atoms with Crippen molar-refractivity contribution in [2.45, 2.75) is 32.4 Å². The Balaban J connectivity index is 2.00. The van der Waals surface area contributed by atoms with Gasteiger partial charge >= 0.3 is 0 Å². The molecule has 0 spiro atoms. The van der Waals surface area contributed by atoms with E-state index in [-0.39, 0.29) is 12.1 Å². The molecule has 108 valence electrons. The zero-order valence-corrected chi connectivity index (χ0v) is 12.3. The number of nitrogens with zero attached hydrogens (tertiary/aromatic N) is 2. The first-order valence-corrected chi connectivity index (χ1v) is 6.87. The highest BCUT2D eigenvalue weighted by molar-refractivity contribution is 6.31. The molecule has 1 unspecified atom stereocenters. The van der Waals surface area contributed by atoms with E-state index in [1.165, 1.54) is 0 Å². The van der Waals surface area contributed by atoms with Crippen LogP contribution >= 0.6 is 11.6 Å². The lowest BCUT2D eigenvalue weighted by molar-refractivity contribution is 0.0665. The van der Waals surface area contributed by atoms with Crippen molar-refractivity contribution < 1.29 is 9.26 Å². The Morgan fingerprint density at radius 1 is 1.35 bits per heavy atom. The van der Waals surface area contributed by atoms with Crippen molar-refractivity contribution in [2.24, 2.45) is 5.73 Å². The van der Waals surface area contributed by atoms with Gasteiger partial charge in [0.2, 0.25) is 5.89 Å². The molecular formula is C14H18ClN3O2. The summed E-state index contributed by atoms with van der Waals surface area (Å²) in [4.78, 5) is 4.28. The van der Waals surface area contributed by atoms with Gasteiger partial charge in [0, 0.05) is 5.02 Å². The predicted molar refractivity (Wildman–Crippen MR) is 76.6 cm³/mol. The molecule has 0 bridgehead atoms. The molecule has 2 aromatic rings. The maximum atomic E-state index is 6.09. The third-order valence-electron chi connectivity index (χ3n) is 2.72. The fraction of sp³-hybridized carbons (Fsp3) is 0.429. The van der Waals surface area contributed by atoms with Gasteiger partial charge in [-0.15, -0.1) is 0 Å². The zero-order chi connectivity index (χ0) is 14.5. The van der Waals surface area contributed by atoms with Crippen LogP contribution in [0, 0.1) is 0 Å². The second-order valence-electron chi connectivity index (χ2n) is 4.80. The molecule has 6 heteroatoms. The first kappa shape index (κ1) is 15.0.